The van der Waals surface area contributed by atoms with Gasteiger partial charge in [0, 0.05) is 24.2 Å². The van der Waals surface area contributed by atoms with Crippen molar-refractivity contribution < 1.29 is 13.2 Å². The first-order valence-electron chi connectivity index (χ1n) is 9.06. The molecule has 0 bridgehead atoms. The summed E-state index contributed by atoms with van der Waals surface area (Å²) in [5.74, 6) is -0.180. The summed E-state index contributed by atoms with van der Waals surface area (Å²) in [6.07, 6.45) is 0. The number of nitriles is 1. The maximum atomic E-state index is 13.0. The summed E-state index contributed by atoms with van der Waals surface area (Å²) in [7, 11) is -3.60. The Hall–Kier alpha value is -2.69. The lowest BCUT2D eigenvalue weighted by Crippen LogP contribution is -2.36. The van der Waals surface area contributed by atoms with E-state index < -0.39 is 10.0 Å². The predicted octanol–water partition coefficient (Wildman–Crippen LogP) is 3.30. The second-order valence-electron chi connectivity index (χ2n) is 7.14. The number of amides is 1. The molecule has 2 aromatic carbocycles. The van der Waals surface area contributed by atoms with Crippen molar-refractivity contribution in [1.29, 1.82) is 5.26 Å². The zero-order valence-electron chi connectivity index (χ0n) is 16.5. The fourth-order valence-electron chi connectivity index (χ4n) is 2.69. The SMILES string of the molecule is CC(C)NS(=O)(=O)c1ccc(C(=O)N(Cc2ccc(C#N)cc2)C(C)C)cc1. The molecule has 0 radical (unpaired) electrons. The van der Waals surface area contributed by atoms with Crippen LogP contribution in [0.15, 0.2) is 53.4 Å². The third kappa shape index (κ3) is 5.41. The fraction of sp³-hybridized carbons (Fsp3) is 0.333. The van der Waals surface area contributed by atoms with Gasteiger partial charge >= 0.3 is 0 Å². The van der Waals surface area contributed by atoms with Crippen molar-refractivity contribution in [2.24, 2.45) is 0 Å². The monoisotopic (exact) mass is 399 g/mol. The normalized spacial score (nSPS) is 11.5. The van der Waals surface area contributed by atoms with Gasteiger partial charge in [-0.25, -0.2) is 13.1 Å². The van der Waals surface area contributed by atoms with Crippen LogP contribution >= 0.6 is 0 Å². The Morgan fingerprint density at radius 3 is 2.07 bits per heavy atom. The molecule has 0 spiro atoms. The molecule has 1 N–H and O–H groups in total. The molecule has 7 heteroatoms. The van der Waals surface area contributed by atoms with Crippen LogP contribution in [0, 0.1) is 11.3 Å². The van der Waals surface area contributed by atoms with Crippen LogP contribution < -0.4 is 4.72 Å². The van der Waals surface area contributed by atoms with Crippen molar-refractivity contribution in [2.75, 3.05) is 0 Å². The molecule has 0 heterocycles. The molecule has 0 aliphatic carbocycles. The summed E-state index contributed by atoms with van der Waals surface area (Å²) in [5, 5.41) is 8.90. The van der Waals surface area contributed by atoms with Gasteiger partial charge in [0.25, 0.3) is 5.91 Å². The Balaban J connectivity index is 2.22. The van der Waals surface area contributed by atoms with Crippen molar-refractivity contribution in [2.45, 2.75) is 51.2 Å². The molecule has 2 rings (SSSR count). The van der Waals surface area contributed by atoms with Crippen LogP contribution in [0.4, 0.5) is 0 Å². The number of rotatable bonds is 7. The lowest BCUT2D eigenvalue weighted by molar-refractivity contribution is 0.0690. The van der Waals surface area contributed by atoms with Crippen molar-refractivity contribution in [1.82, 2.24) is 9.62 Å². The number of nitrogens with one attached hydrogen (secondary N) is 1. The second-order valence-corrected chi connectivity index (χ2v) is 8.85. The molecule has 0 aliphatic heterocycles. The Bertz CT molecular complexity index is 957. The molecule has 0 aliphatic rings. The number of carbonyl (C=O) groups excluding carboxylic acids is 1. The molecule has 0 saturated carbocycles. The number of sulfonamides is 1. The maximum absolute atomic E-state index is 13.0. The zero-order chi connectivity index (χ0) is 20.9. The average Bonchev–Trinajstić information content (AvgIpc) is 2.65. The third-order valence-corrected chi connectivity index (χ3v) is 5.80. The number of nitrogens with zero attached hydrogens (tertiary/aromatic N) is 2. The van der Waals surface area contributed by atoms with E-state index in [1.165, 1.54) is 24.3 Å². The summed E-state index contributed by atoms with van der Waals surface area (Å²) in [6, 6.07) is 14.9. The van der Waals surface area contributed by atoms with Gasteiger partial charge in [0.1, 0.15) is 0 Å². The van der Waals surface area contributed by atoms with Gasteiger partial charge in [0.05, 0.1) is 16.5 Å². The Morgan fingerprint density at radius 1 is 1.04 bits per heavy atom. The van der Waals surface area contributed by atoms with Crippen LogP contribution in [0.2, 0.25) is 0 Å². The molecular weight excluding hydrogens is 374 g/mol. The van der Waals surface area contributed by atoms with Gasteiger partial charge < -0.3 is 4.90 Å². The molecule has 0 unspecified atom stereocenters. The number of carbonyl (C=O) groups is 1. The highest BCUT2D eigenvalue weighted by Gasteiger charge is 2.21. The van der Waals surface area contributed by atoms with E-state index in [0.717, 1.165) is 5.56 Å². The van der Waals surface area contributed by atoms with Gasteiger partial charge in [-0.3, -0.25) is 4.79 Å². The van der Waals surface area contributed by atoms with E-state index in [1.807, 2.05) is 26.0 Å². The summed E-state index contributed by atoms with van der Waals surface area (Å²) >= 11 is 0. The summed E-state index contributed by atoms with van der Waals surface area (Å²) in [5.41, 5.74) is 1.91. The first-order chi connectivity index (χ1) is 13.1. The molecule has 148 valence electrons. The minimum atomic E-state index is -3.60. The molecule has 28 heavy (non-hydrogen) atoms. The van der Waals surface area contributed by atoms with Gasteiger partial charge in [-0.2, -0.15) is 5.26 Å². The molecule has 0 atom stereocenters. The van der Waals surface area contributed by atoms with E-state index in [0.29, 0.717) is 17.7 Å². The fourth-order valence-corrected chi connectivity index (χ4v) is 3.94. The minimum absolute atomic E-state index is 0.0471. The highest BCUT2D eigenvalue weighted by molar-refractivity contribution is 7.89. The van der Waals surface area contributed by atoms with Crippen molar-refractivity contribution in [3.05, 3.63) is 65.2 Å². The van der Waals surface area contributed by atoms with E-state index in [-0.39, 0.29) is 22.9 Å². The highest BCUT2D eigenvalue weighted by atomic mass is 32.2. The van der Waals surface area contributed by atoms with Crippen LogP contribution in [-0.2, 0) is 16.6 Å². The molecule has 0 saturated heterocycles. The van der Waals surface area contributed by atoms with E-state index in [9.17, 15) is 13.2 Å². The van der Waals surface area contributed by atoms with Crippen LogP contribution in [0.3, 0.4) is 0 Å². The van der Waals surface area contributed by atoms with E-state index in [1.54, 1.807) is 30.9 Å². The summed E-state index contributed by atoms with van der Waals surface area (Å²) in [6.45, 7) is 7.75. The van der Waals surface area contributed by atoms with Gasteiger partial charge in [0.15, 0.2) is 0 Å². The molecule has 6 nitrogen and oxygen atoms in total. The van der Waals surface area contributed by atoms with Crippen molar-refractivity contribution >= 4 is 15.9 Å². The van der Waals surface area contributed by atoms with Gasteiger partial charge in [-0.1, -0.05) is 12.1 Å². The minimum Gasteiger partial charge on any atom is -0.332 e. The van der Waals surface area contributed by atoms with Gasteiger partial charge in [-0.05, 0) is 69.7 Å². The number of hydrogen-bond acceptors (Lipinski definition) is 4. The Kier molecular flexibility index (Phi) is 6.95. The Labute approximate surface area is 166 Å². The van der Waals surface area contributed by atoms with E-state index in [2.05, 4.69) is 10.8 Å². The lowest BCUT2D eigenvalue weighted by Gasteiger charge is -2.27. The summed E-state index contributed by atoms with van der Waals surface area (Å²) < 4.78 is 27.0. The molecule has 0 aromatic heterocycles. The van der Waals surface area contributed by atoms with Crippen LogP contribution in [0.25, 0.3) is 0 Å². The quantitative estimate of drug-likeness (QED) is 0.773. The smallest absolute Gasteiger partial charge is 0.254 e. The lowest BCUT2D eigenvalue weighted by atomic mass is 10.1. The second kappa shape index (κ2) is 9.00. The van der Waals surface area contributed by atoms with Crippen LogP contribution in [0.1, 0.15) is 49.2 Å². The molecule has 1 amide bonds. The first kappa shape index (κ1) is 21.6. The van der Waals surface area contributed by atoms with Crippen molar-refractivity contribution in [3.63, 3.8) is 0 Å². The van der Waals surface area contributed by atoms with Crippen LogP contribution in [0.5, 0.6) is 0 Å². The zero-order valence-corrected chi connectivity index (χ0v) is 17.3. The number of benzene rings is 2. The largest absolute Gasteiger partial charge is 0.332 e. The topological polar surface area (TPSA) is 90.3 Å². The third-order valence-electron chi connectivity index (χ3n) is 4.12. The summed E-state index contributed by atoms with van der Waals surface area (Å²) in [4.78, 5) is 14.8. The van der Waals surface area contributed by atoms with Gasteiger partial charge in [0.2, 0.25) is 10.0 Å². The molecular formula is C21H25N3O3S. The number of hydrogen-bond donors (Lipinski definition) is 1. The predicted molar refractivity (Wildman–Crippen MR) is 108 cm³/mol. The molecule has 2 aromatic rings. The first-order valence-corrected chi connectivity index (χ1v) is 10.5. The maximum Gasteiger partial charge on any atom is 0.254 e. The van der Waals surface area contributed by atoms with Crippen molar-refractivity contribution in [3.8, 4) is 6.07 Å². The standard InChI is InChI=1S/C21H25N3O3S/c1-15(2)23-28(26,27)20-11-9-19(10-12-20)21(25)24(16(3)4)14-18-7-5-17(13-22)6-8-18/h5-12,15-16,23H,14H2,1-4H3. The van der Waals surface area contributed by atoms with Gasteiger partial charge in [-0.15, -0.1) is 0 Å². The highest BCUT2D eigenvalue weighted by Crippen LogP contribution is 2.17. The van der Waals surface area contributed by atoms with E-state index >= 15 is 0 Å². The van der Waals surface area contributed by atoms with Crippen LogP contribution in [-0.4, -0.2) is 31.3 Å². The van der Waals surface area contributed by atoms with E-state index in [4.69, 9.17) is 5.26 Å². The molecule has 0 fully saturated rings. The Morgan fingerprint density at radius 2 is 1.61 bits per heavy atom. The average molecular weight is 400 g/mol.